The van der Waals surface area contributed by atoms with Crippen LogP contribution in [0.2, 0.25) is 0 Å². The fourth-order valence-corrected chi connectivity index (χ4v) is 3.61. The average molecular weight is 422 g/mol. The van der Waals surface area contributed by atoms with Crippen LogP contribution >= 0.6 is 11.8 Å². The number of imide groups is 1. The van der Waals surface area contributed by atoms with Gasteiger partial charge in [0.25, 0.3) is 11.8 Å². The van der Waals surface area contributed by atoms with Crippen LogP contribution < -0.4 is 5.32 Å². The molecule has 1 N–H and O–H groups in total. The molecule has 3 amide bonds. The minimum Gasteiger partial charge on any atom is -0.325 e. The number of amides is 3. The van der Waals surface area contributed by atoms with Crippen molar-refractivity contribution in [2.45, 2.75) is 12.6 Å². The van der Waals surface area contributed by atoms with Crippen LogP contribution in [0, 0.1) is 0 Å². The van der Waals surface area contributed by atoms with Gasteiger partial charge in [0.15, 0.2) is 0 Å². The number of halogens is 3. The largest absolute Gasteiger partial charge is 0.416 e. The molecule has 1 heterocycles. The number of carbonyl (C=O) groups excluding carboxylic acids is 3. The van der Waals surface area contributed by atoms with E-state index in [2.05, 4.69) is 5.32 Å². The average Bonchev–Trinajstić information content (AvgIpc) is 2.92. The van der Waals surface area contributed by atoms with Crippen LogP contribution in [-0.4, -0.2) is 40.7 Å². The third-order valence-corrected chi connectivity index (χ3v) is 5.32. The van der Waals surface area contributed by atoms with E-state index < -0.39 is 11.7 Å². The number of nitrogens with one attached hydrogen (secondary N) is 1. The fraction of sp³-hybridized carbons (Fsp3) is 0.250. The van der Waals surface area contributed by atoms with E-state index in [1.165, 1.54) is 28.8 Å². The first kappa shape index (κ1) is 20.9. The molecule has 0 saturated carbocycles. The lowest BCUT2D eigenvalue weighted by Crippen LogP contribution is -2.31. The zero-order chi connectivity index (χ0) is 21.0. The van der Waals surface area contributed by atoms with E-state index >= 15 is 0 Å². The molecule has 1 aliphatic rings. The standard InChI is InChI=1S/C20H17F3N2O3S/c21-20(22,23)13-6-8-14(9-7-13)24-17(26)12-29-11-3-10-25-18(27)15-4-1-2-5-16(15)19(25)28/h1-2,4-9H,3,10-12H2,(H,24,26). The Morgan fingerprint density at radius 1 is 0.966 bits per heavy atom. The van der Waals surface area contributed by atoms with Crippen molar-refractivity contribution in [1.29, 1.82) is 0 Å². The first-order chi connectivity index (χ1) is 13.8. The van der Waals surface area contributed by atoms with Gasteiger partial charge in [0.1, 0.15) is 0 Å². The first-order valence-electron chi connectivity index (χ1n) is 8.77. The van der Waals surface area contributed by atoms with E-state index in [1.54, 1.807) is 24.3 Å². The molecule has 9 heteroatoms. The predicted molar refractivity (Wildman–Crippen MR) is 104 cm³/mol. The quantitative estimate of drug-likeness (QED) is 0.540. The zero-order valence-electron chi connectivity index (χ0n) is 15.2. The van der Waals surface area contributed by atoms with Crippen LogP contribution in [0.1, 0.15) is 32.7 Å². The highest BCUT2D eigenvalue weighted by Crippen LogP contribution is 2.29. The van der Waals surface area contributed by atoms with Crippen LogP contribution in [0.4, 0.5) is 18.9 Å². The Bertz CT molecular complexity index is 894. The van der Waals surface area contributed by atoms with Crippen LogP contribution in [0.5, 0.6) is 0 Å². The van der Waals surface area contributed by atoms with Gasteiger partial charge >= 0.3 is 6.18 Å². The van der Waals surface area contributed by atoms with Crippen molar-refractivity contribution in [3.63, 3.8) is 0 Å². The molecule has 0 fully saturated rings. The minimum atomic E-state index is -4.42. The van der Waals surface area contributed by atoms with E-state index in [4.69, 9.17) is 0 Å². The summed E-state index contributed by atoms with van der Waals surface area (Å²) in [7, 11) is 0. The summed E-state index contributed by atoms with van der Waals surface area (Å²) >= 11 is 1.32. The number of alkyl halides is 3. The molecule has 152 valence electrons. The number of anilines is 1. The topological polar surface area (TPSA) is 66.5 Å². The van der Waals surface area contributed by atoms with E-state index in [0.717, 1.165) is 12.1 Å². The van der Waals surface area contributed by atoms with Gasteiger partial charge in [0, 0.05) is 12.2 Å². The lowest BCUT2D eigenvalue weighted by atomic mass is 10.1. The van der Waals surface area contributed by atoms with E-state index in [0.29, 0.717) is 23.3 Å². The van der Waals surface area contributed by atoms with Gasteiger partial charge in [0.05, 0.1) is 22.4 Å². The predicted octanol–water partition coefficient (Wildman–Crippen LogP) is 4.06. The second-order valence-electron chi connectivity index (χ2n) is 6.34. The number of thioether (sulfide) groups is 1. The summed E-state index contributed by atoms with van der Waals surface area (Å²) in [6.07, 6.45) is -3.89. The number of hydrogen-bond acceptors (Lipinski definition) is 4. The van der Waals surface area contributed by atoms with Crippen molar-refractivity contribution >= 4 is 35.2 Å². The minimum absolute atomic E-state index is 0.114. The molecule has 0 atom stereocenters. The van der Waals surface area contributed by atoms with Gasteiger partial charge in [0.2, 0.25) is 5.91 Å². The van der Waals surface area contributed by atoms with Crippen molar-refractivity contribution in [3.8, 4) is 0 Å². The summed E-state index contributed by atoms with van der Waals surface area (Å²) in [5, 5.41) is 2.53. The Morgan fingerprint density at radius 2 is 1.55 bits per heavy atom. The molecule has 2 aromatic rings. The van der Waals surface area contributed by atoms with Gasteiger partial charge in [-0.1, -0.05) is 12.1 Å². The van der Waals surface area contributed by atoms with Crippen LogP contribution in [0.15, 0.2) is 48.5 Å². The van der Waals surface area contributed by atoms with Gasteiger partial charge < -0.3 is 5.32 Å². The second kappa shape index (κ2) is 8.69. The number of fused-ring (bicyclic) bond motifs is 1. The van der Waals surface area contributed by atoms with Gasteiger partial charge in [-0.2, -0.15) is 24.9 Å². The molecule has 0 radical (unpaired) electrons. The number of carbonyl (C=O) groups is 3. The van der Waals surface area contributed by atoms with Crippen LogP contribution in [0.3, 0.4) is 0 Å². The Morgan fingerprint density at radius 3 is 2.10 bits per heavy atom. The maximum atomic E-state index is 12.5. The number of rotatable bonds is 7. The molecule has 29 heavy (non-hydrogen) atoms. The molecule has 5 nitrogen and oxygen atoms in total. The van der Waals surface area contributed by atoms with Crippen molar-refractivity contribution in [3.05, 3.63) is 65.2 Å². The Kier molecular flexibility index (Phi) is 6.26. The molecular formula is C20H17F3N2O3S. The molecule has 0 bridgehead atoms. The highest BCUT2D eigenvalue weighted by molar-refractivity contribution is 7.99. The normalized spacial score (nSPS) is 13.6. The van der Waals surface area contributed by atoms with Gasteiger partial charge in [-0.05, 0) is 48.6 Å². The smallest absolute Gasteiger partial charge is 0.325 e. The molecule has 1 aliphatic heterocycles. The van der Waals surface area contributed by atoms with Gasteiger partial charge in [-0.3, -0.25) is 19.3 Å². The van der Waals surface area contributed by atoms with Gasteiger partial charge in [-0.15, -0.1) is 0 Å². The van der Waals surface area contributed by atoms with Crippen LogP contribution in [-0.2, 0) is 11.0 Å². The van der Waals surface area contributed by atoms with Gasteiger partial charge in [-0.25, -0.2) is 0 Å². The summed E-state index contributed by atoms with van der Waals surface area (Å²) in [6, 6.07) is 10.9. The van der Waals surface area contributed by atoms with E-state index in [-0.39, 0.29) is 35.7 Å². The number of nitrogens with zero attached hydrogens (tertiary/aromatic N) is 1. The third-order valence-electron chi connectivity index (χ3n) is 4.28. The zero-order valence-corrected chi connectivity index (χ0v) is 16.0. The summed E-state index contributed by atoms with van der Waals surface area (Å²) in [6.45, 7) is 0.264. The number of benzene rings is 2. The molecule has 3 rings (SSSR count). The molecule has 0 unspecified atom stereocenters. The summed E-state index contributed by atoms with van der Waals surface area (Å²) in [5.74, 6) is -0.293. The second-order valence-corrected chi connectivity index (χ2v) is 7.44. The monoisotopic (exact) mass is 422 g/mol. The van der Waals surface area contributed by atoms with Crippen molar-refractivity contribution < 1.29 is 27.6 Å². The maximum absolute atomic E-state index is 12.5. The Labute approximate surface area is 169 Å². The summed E-state index contributed by atoms with van der Waals surface area (Å²) in [5.41, 5.74) is 0.315. The maximum Gasteiger partial charge on any atom is 0.416 e. The molecule has 0 saturated heterocycles. The lowest BCUT2D eigenvalue weighted by molar-refractivity contribution is -0.137. The van der Waals surface area contributed by atoms with E-state index in [9.17, 15) is 27.6 Å². The molecular weight excluding hydrogens is 405 g/mol. The van der Waals surface area contributed by atoms with Crippen molar-refractivity contribution in [2.24, 2.45) is 0 Å². The molecule has 0 aliphatic carbocycles. The summed E-state index contributed by atoms with van der Waals surface area (Å²) in [4.78, 5) is 37.6. The Hall–Kier alpha value is -2.81. The SMILES string of the molecule is O=C(CSCCCN1C(=O)c2ccccc2C1=O)Nc1ccc(C(F)(F)F)cc1. The van der Waals surface area contributed by atoms with Crippen molar-refractivity contribution in [1.82, 2.24) is 4.90 Å². The highest BCUT2D eigenvalue weighted by Gasteiger charge is 2.34. The Balaban J connectivity index is 1.38. The fourth-order valence-electron chi connectivity index (χ4n) is 2.87. The molecule has 0 aromatic heterocycles. The van der Waals surface area contributed by atoms with Crippen molar-refractivity contribution in [2.75, 3.05) is 23.4 Å². The number of hydrogen-bond donors (Lipinski definition) is 1. The van der Waals surface area contributed by atoms with E-state index in [1.807, 2.05) is 0 Å². The molecule has 0 spiro atoms. The summed E-state index contributed by atoms with van der Waals surface area (Å²) < 4.78 is 37.6. The highest BCUT2D eigenvalue weighted by atomic mass is 32.2. The third kappa shape index (κ3) is 4.97. The molecule has 2 aromatic carbocycles. The lowest BCUT2D eigenvalue weighted by Gasteiger charge is -2.13. The first-order valence-corrected chi connectivity index (χ1v) is 9.93. The van der Waals surface area contributed by atoms with Crippen LogP contribution in [0.25, 0.3) is 0 Å².